The fraction of sp³-hybridized carbons (Fsp3) is 0.630. The van der Waals surface area contributed by atoms with Crippen molar-refractivity contribution in [2.75, 3.05) is 6.61 Å². The quantitative estimate of drug-likeness (QED) is 0.335. The fourth-order valence-electron chi connectivity index (χ4n) is 5.02. The van der Waals surface area contributed by atoms with Crippen molar-refractivity contribution in [1.29, 1.82) is 0 Å². The third-order valence-electron chi connectivity index (χ3n) is 8.08. The number of fused-ring (bicyclic) bond motifs is 2. The summed E-state index contributed by atoms with van der Waals surface area (Å²) in [5, 5.41) is 12.8. The third kappa shape index (κ3) is 5.10. The van der Waals surface area contributed by atoms with Crippen molar-refractivity contribution in [2.24, 2.45) is 0 Å². The Hall–Kier alpha value is -1.37. The lowest BCUT2D eigenvalue weighted by molar-refractivity contribution is -0.207. The van der Waals surface area contributed by atoms with E-state index in [-0.39, 0.29) is 5.04 Å². The van der Waals surface area contributed by atoms with Gasteiger partial charge in [0.25, 0.3) is 0 Å². The molecule has 1 N–H and O–H groups in total. The maximum atomic E-state index is 11.7. The van der Waals surface area contributed by atoms with Crippen LogP contribution in [-0.4, -0.2) is 58.7 Å². The zero-order chi connectivity index (χ0) is 27.6. The van der Waals surface area contributed by atoms with E-state index in [1.165, 1.54) is 11.3 Å². The second-order valence-corrected chi connectivity index (χ2v) is 18.7. The highest BCUT2D eigenvalue weighted by atomic mass is 35.5. The zero-order valence-corrected chi connectivity index (χ0v) is 25.9. The van der Waals surface area contributed by atoms with E-state index < -0.39 is 44.7 Å². The minimum Gasteiger partial charge on any atom is -0.416 e. The van der Waals surface area contributed by atoms with Gasteiger partial charge < -0.3 is 28.3 Å². The molecular weight excluding hydrogens is 542 g/mol. The highest BCUT2D eigenvalue weighted by molar-refractivity contribution is 7.16. The van der Waals surface area contributed by atoms with Crippen LogP contribution in [0.5, 0.6) is 0 Å². The topological polar surface area (TPSA) is 87.9 Å². The number of rotatable bonds is 7. The molecule has 5 rings (SSSR count). The average molecular weight is 580 g/mol. The number of aryl methyl sites for hydroxylation is 1. The molecule has 2 aliphatic heterocycles. The number of aromatic nitrogens is 3. The van der Waals surface area contributed by atoms with Crippen LogP contribution in [-0.2, 0) is 25.1 Å². The van der Waals surface area contributed by atoms with Gasteiger partial charge in [-0.3, -0.25) is 0 Å². The van der Waals surface area contributed by atoms with Crippen molar-refractivity contribution in [3.63, 3.8) is 0 Å². The predicted octanol–water partition coefficient (Wildman–Crippen LogP) is 6.17. The highest BCUT2D eigenvalue weighted by Gasteiger charge is 2.58. The summed E-state index contributed by atoms with van der Waals surface area (Å²) in [4.78, 5) is 9.58. The Morgan fingerprint density at radius 3 is 2.66 bits per heavy atom. The maximum absolute atomic E-state index is 11.7. The van der Waals surface area contributed by atoms with Crippen LogP contribution in [0, 0.1) is 6.92 Å². The summed E-state index contributed by atoms with van der Waals surface area (Å²) in [6.07, 6.45) is 1.14. The molecule has 5 heterocycles. The van der Waals surface area contributed by atoms with E-state index in [4.69, 9.17) is 30.2 Å². The number of thiophene rings is 1. The molecule has 5 atom stereocenters. The van der Waals surface area contributed by atoms with Crippen molar-refractivity contribution in [1.82, 2.24) is 14.5 Å². The summed E-state index contributed by atoms with van der Waals surface area (Å²) in [6.45, 7) is 17.5. The number of hydrogen-bond donors (Lipinski definition) is 1. The van der Waals surface area contributed by atoms with Gasteiger partial charge in [0.1, 0.15) is 36.4 Å². The molecule has 0 aromatic carbocycles. The molecule has 2 saturated heterocycles. The van der Waals surface area contributed by atoms with Gasteiger partial charge in [-0.2, -0.15) is 0 Å². The van der Waals surface area contributed by atoms with Crippen molar-refractivity contribution in [3.8, 4) is 0 Å². The van der Waals surface area contributed by atoms with Crippen molar-refractivity contribution in [2.45, 2.75) is 103 Å². The summed E-state index contributed by atoms with van der Waals surface area (Å²) in [6, 6.07) is 3.91. The SMILES string of the molecule is Cc1ncnc2c1ccn2[C@@H]1O[C@H]([C@H](O)c2sc(Cl)cc2CCO[Si](C)(C)C(C)(C)C)[C@H]2OC(C)(C)O[C@H]21. The molecule has 0 amide bonds. The van der Waals surface area contributed by atoms with Gasteiger partial charge in [-0.05, 0) is 63.0 Å². The molecule has 2 aliphatic rings. The van der Waals surface area contributed by atoms with E-state index in [2.05, 4.69) is 43.8 Å². The monoisotopic (exact) mass is 579 g/mol. The highest BCUT2D eigenvalue weighted by Crippen LogP contribution is 2.48. The van der Waals surface area contributed by atoms with Gasteiger partial charge in [-0.15, -0.1) is 11.3 Å². The van der Waals surface area contributed by atoms with Gasteiger partial charge >= 0.3 is 0 Å². The third-order valence-corrected chi connectivity index (χ3v) is 14.0. The minimum absolute atomic E-state index is 0.127. The molecule has 2 fully saturated rings. The number of hydrogen-bond acceptors (Lipinski definition) is 8. The Labute approximate surface area is 234 Å². The van der Waals surface area contributed by atoms with Crippen LogP contribution in [0.3, 0.4) is 0 Å². The normalized spacial score (nSPS) is 26.3. The van der Waals surface area contributed by atoms with Gasteiger partial charge in [0.15, 0.2) is 20.3 Å². The summed E-state index contributed by atoms with van der Waals surface area (Å²) in [5.41, 5.74) is 2.62. The van der Waals surface area contributed by atoms with Crippen LogP contribution in [0.25, 0.3) is 11.0 Å². The zero-order valence-electron chi connectivity index (χ0n) is 23.3. The standard InChI is InChI=1S/C27H38ClN3O5SSi/c1-15-17-9-11-31(24(17)30-14-29-15)25-22-21(35-27(5,6)36-22)20(34-25)19(32)23-16(13-18(28)37-23)10-12-33-38(7,8)26(2,3)4/h9,11,13-14,19-22,25,32H,10,12H2,1-8H3/t19-,20+,21+,22+,25+/m0/s1. The van der Waals surface area contributed by atoms with E-state index >= 15 is 0 Å². The average Bonchev–Trinajstić information content (AvgIpc) is 3.54. The molecule has 38 heavy (non-hydrogen) atoms. The van der Waals surface area contributed by atoms with Gasteiger partial charge in [0, 0.05) is 23.1 Å². The maximum Gasteiger partial charge on any atom is 0.191 e. The predicted molar refractivity (Wildman–Crippen MR) is 151 cm³/mol. The van der Waals surface area contributed by atoms with Gasteiger partial charge in [-0.25, -0.2) is 9.97 Å². The van der Waals surface area contributed by atoms with E-state index in [1.54, 1.807) is 6.33 Å². The first kappa shape index (κ1) is 28.2. The van der Waals surface area contributed by atoms with E-state index in [9.17, 15) is 5.11 Å². The summed E-state index contributed by atoms with van der Waals surface area (Å²) in [5.74, 6) is -0.809. The Morgan fingerprint density at radius 1 is 1.24 bits per heavy atom. The summed E-state index contributed by atoms with van der Waals surface area (Å²) < 4.78 is 28.1. The number of aliphatic hydroxyl groups is 1. The van der Waals surface area contributed by atoms with Crippen LogP contribution < -0.4 is 0 Å². The first-order valence-electron chi connectivity index (χ1n) is 13.1. The first-order valence-corrected chi connectivity index (χ1v) is 17.2. The first-order chi connectivity index (χ1) is 17.7. The van der Waals surface area contributed by atoms with Gasteiger partial charge in [-0.1, -0.05) is 32.4 Å². The number of halogens is 1. The van der Waals surface area contributed by atoms with Crippen LogP contribution in [0.15, 0.2) is 24.7 Å². The molecular formula is C27H38ClN3O5SSi. The lowest BCUT2D eigenvalue weighted by Gasteiger charge is -2.36. The molecule has 0 saturated carbocycles. The van der Waals surface area contributed by atoms with Crippen LogP contribution in [0.2, 0.25) is 22.5 Å². The molecule has 11 heteroatoms. The molecule has 3 aromatic heterocycles. The second-order valence-electron chi connectivity index (χ2n) is 12.2. The van der Waals surface area contributed by atoms with E-state index in [1.807, 2.05) is 43.7 Å². The Balaban J connectivity index is 1.41. The number of ether oxygens (including phenoxy) is 3. The molecule has 0 aliphatic carbocycles. The molecule has 3 aromatic rings. The smallest absolute Gasteiger partial charge is 0.191 e. The summed E-state index contributed by atoms with van der Waals surface area (Å²) in [7, 11) is -1.89. The Bertz CT molecular complexity index is 1320. The van der Waals surface area contributed by atoms with E-state index in [0.717, 1.165) is 27.2 Å². The van der Waals surface area contributed by atoms with E-state index in [0.29, 0.717) is 17.4 Å². The number of aliphatic hydroxyl groups excluding tert-OH is 1. The second kappa shape index (κ2) is 9.92. The molecule has 0 radical (unpaired) electrons. The fourth-order valence-corrected chi connectivity index (χ4v) is 7.41. The van der Waals surface area contributed by atoms with Crippen molar-refractivity contribution < 1.29 is 23.7 Å². The Kier molecular flexibility index (Phi) is 7.35. The number of nitrogens with zero attached hydrogens (tertiary/aromatic N) is 3. The molecule has 8 nitrogen and oxygen atoms in total. The molecule has 208 valence electrons. The Morgan fingerprint density at radius 2 is 1.95 bits per heavy atom. The lowest BCUT2D eigenvalue weighted by Crippen LogP contribution is -2.41. The van der Waals surface area contributed by atoms with Crippen LogP contribution in [0.4, 0.5) is 0 Å². The van der Waals surface area contributed by atoms with Crippen molar-refractivity contribution in [3.05, 3.63) is 45.1 Å². The van der Waals surface area contributed by atoms with Crippen LogP contribution in [0.1, 0.15) is 63.1 Å². The van der Waals surface area contributed by atoms with Crippen molar-refractivity contribution >= 4 is 42.3 Å². The molecule has 0 spiro atoms. The molecule has 0 unspecified atom stereocenters. The largest absolute Gasteiger partial charge is 0.416 e. The van der Waals surface area contributed by atoms with Crippen LogP contribution >= 0.6 is 22.9 Å². The van der Waals surface area contributed by atoms with Gasteiger partial charge in [0.2, 0.25) is 0 Å². The molecule has 0 bridgehead atoms. The van der Waals surface area contributed by atoms with Gasteiger partial charge in [0.05, 0.1) is 10.0 Å². The lowest BCUT2D eigenvalue weighted by atomic mass is 10.0. The summed E-state index contributed by atoms with van der Waals surface area (Å²) >= 11 is 7.84. The minimum atomic E-state index is -1.89.